The van der Waals surface area contributed by atoms with Crippen LogP contribution in [0.4, 0.5) is 4.39 Å². The number of hydrogen-bond donors (Lipinski definition) is 0. The summed E-state index contributed by atoms with van der Waals surface area (Å²) in [5, 5.41) is 0. The average Bonchev–Trinajstić information content (AvgIpc) is 2.71. The van der Waals surface area contributed by atoms with Crippen LogP contribution in [0.1, 0.15) is 18.9 Å². The first kappa shape index (κ1) is 21.2. The lowest BCUT2D eigenvalue weighted by Crippen LogP contribution is -2.36. The molecule has 6 nitrogen and oxygen atoms in total. The first-order valence-corrected chi connectivity index (χ1v) is 8.96. The van der Waals surface area contributed by atoms with Gasteiger partial charge < -0.3 is 19.1 Å². The summed E-state index contributed by atoms with van der Waals surface area (Å²) in [5.41, 5.74) is 0.751. The van der Waals surface area contributed by atoms with Crippen LogP contribution in [-0.4, -0.2) is 43.6 Å². The van der Waals surface area contributed by atoms with E-state index in [1.807, 2.05) is 6.92 Å². The van der Waals surface area contributed by atoms with Gasteiger partial charge in [-0.05, 0) is 48.9 Å². The van der Waals surface area contributed by atoms with Gasteiger partial charge in [0.15, 0.2) is 6.61 Å². The number of carbonyl (C=O) groups excluding carboxylic acids is 2. The zero-order valence-electron chi connectivity index (χ0n) is 16.0. The predicted octanol–water partition coefficient (Wildman–Crippen LogP) is 3.20. The maximum absolute atomic E-state index is 13.1. The molecule has 2 aromatic rings. The summed E-state index contributed by atoms with van der Waals surface area (Å²) in [4.78, 5) is 25.5. The van der Waals surface area contributed by atoms with Crippen molar-refractivity contribution in [3.63, 3.8) is 0 Å². The van der Waals surface area contributed by atoms with Gasteiger partial charge in [0.05, 0.1) is 20.1 Å². The van der Waals surface area contributed by atoms with Crippen LogP contribution in [0.25, 0.3) is 0 Å². The third-order valence-electron chi connectivity index (χ3n) is 3.95. The van der Waals surface area contributed by atoms with Crippen LogP contribution in [0.5, 0.6) is 11.5 Å². The Morgan fingerprint density at radius 3 is 2.14 bits per heavy atom. The largest absolute Gasteiger partial charge is 0.494 e. The number of halogens is 1. The highest BCUT2D eigenvalue weighted by Crippen LogP contribution is 2.18. The molecule has 0 atom stereocenters. The van der Waals surface area contributed by atoms with Crippen molar-refractivity contribution in [1.82, 2.24) is 4.90 Å². The third kappa shape index (κ3) is 6.90. The van der Waals surface area contributed by atoms with Crippen molar-refractivity contribution < 1.29 is 28.2 Å². The molecule has 28 heavy (non-hydrogen) atoms. The van der Waals surface area contributed by atoms with Crippen molar-refractivity contribution >= 4 is 11.9 Å². The number of carbonyl (C=O) groups is 2. The van der Waals surface area contributed by atoms with Crippen molar-refractivity contribution in [2.75, 3.05) is 26.9 Å². The summed E-state index contributed by atoms with van der Waals surface area (Å²) in [6, 6.07) is 12.8. The van der Waals surface area contributed by atoms with Crippen LogP contribution in [0.15, 0.2) is 48.5 Å². The lowest BCUT2D eigenvalue weighted by Gasteiger charge is -2.22. The van der Waals surface area contributed by atoms with E-state index >= 15 is 0 Å². The third-order valence-corrected chi connectivity index (χ3v) is 3.95. The number of rotatable bonds is 10. The lowest BCUT2D eigenvalue weighted by atomic mass is 10.2. The first-order chi connectivity index (χ1) is 13.5. The highest BCUT2D eigenvalue weighted by atomic mass is 19.1. The van der Waals surface area contributed by atoms with Crippen LogP contribution in [0.3, 0.4) is 0 Å². The molecule has 2 aromatic carbocycles. The Balaban J connectivity index is 1.98. The molecule has 0 spiro atoms. The topological polar surface area (TPSA) is 65.1 Å². The molecular formula is C21H24FNO5. The number of benzene rings is 2. The van der Waals surface area contributed by atoms with Crippen LogP contribution in [-0.2, 0) is 20.9 Å². The van der Waals surface area contributed by atoms with Crippen LogP contribution >= 0.6 is 0 Å². The summed E-state index contributed by atoms with van der Waals surface area (Å²) < 4.78 is 28.6. The molecule has 0 N–H and O–H groups in total. The van der Waals surface area contributed by atoms with E-state index in [2.05, 4.69) is 4.74 Å². The molecule has 0 bridgehead atoms. The number of methoxy groups -OCH3 is 1. The number of nitrogens with zero attached hydrogens (tertiary/aromatic N) is 1. The predicted molar refractivity (Wildman–Crippen MR) is 102 cm³/mol. The van der Waals surface area contributed by atoms with Crippen molar-refractivity contribution in [1.29, 1.82) is 0 Å². The van der Waals surface area contributed by atoms with Gasteiger partial charge in [0, 0.05) is 13.1 Å². The van der Waals surface area contributed by atoms with Gasteiger partial charge in [-0.2, -0.15) is 0 Å². The molecule has 150 valence electrons. The van der Waals surface area contributed by atoms with Gasteiger partial charge in [0.1, 0.15) is 17.3 Å². The van der Waals surface area contributed by atoms with E-state index in [9.17, 15) is 14.0 Å². The minimum Gasteiger partial charge on any atom is -0.494 e. The van der Waals surface area contributed by atoms with Crippen LogP contribution in [0, 0.1) is 5.82 Å². The summed E-state index contributed by atoms with van der Waals surface area (Å²) in [6.07, 6.45) is 0.0620. The van der Waals surface area contributed by atoms with Gasteiger partial charge in [0.2, 0.25) is 0 Å². The molecule has 0 saturated carbocycles. The van der Waals surface area contributed by atoms with Crippen molar-refractivity contribution in [2.24, 2.45) is 0 Å². The van der Waals surface area contributed by atoms with Crippen molar-refractivity contribution in [3.8, 4) is 11.5 Å². The van der Waals surface area contributed by atoms with E-state index in [-0.39, 0.29) is 37.8 Å². The van der Waals surface area contributed by atoms with E-state index in [1.165, 1.54) is 24.1 Å². The number of amides is 1. The molecule has 7 heteroatoms. The Morgan fingerprint density at radius 2 is 1.57 bits per heavy atom. The zero-order chi connectivity index (χ0) is 20.4. The first-order valence-electron chi connectivity index (χ1n) is 8.96. The summed E-state index contributed by atoms with van der Waals surface area (Å²) in [6.45, 7) is 2.69. The van der Waals surface area contributed by atoms with Crippen molar-refractivity contribution in [2.45, 2.75) is 19.9 Å². The molecule has 0 fully saturated rings. The fourth-order valence-electron chi connectivity index (χ4n) is 2.47. The normalized spacial score (nSPS) is 10.2. The summed E-state index contributed by atoms with van der Waals surface area (Å²) >= 11 is 0. The second-order valence-electron chi connectivity index (χ2n) is 5.96. The smallest absolute Gasteiger partial charge is 0.307 e. The quantitative estimate of drug-likeness (QED) is 0.584. The Bertz CT molecular complexity index is 761. The molecule has 0 aliphatic heterocycles. The van der Waals surface area contributed by atoms with Gasteiger partial charge >= 0.3 is 5.97 Å². The Labute approximate surface area is 163 Å². The van der Waals surface area contributed by atoms with Gasteiger partial charge in [0.25, 0.3) is 5.91 Å². The summed E-state index contributed by atoms with van der Waals surface area (Å²) in [7, 11) is 1.30. The summed E-state index contributed by atoms with van der Waals surface area (Å²) in [5.74, 6) is 0.199. The Kier molecular flexibility index (Phi) is 8.27. The maximum atomic E-state index is 13.1. The fraction of sp³-hybridized carbons (Fsp3) is 0.333. The highest BCUT2D eigenvalue weighted by Gasteiger charge is 2.17. The molecule has 0 aliphatic rings. The van der Waals surface area contributed by atoms with E-state index in [1.54, 1.807) is 36.4 Å². The maximum Gasteiger partial charge on any atom is 0.307 e. The molecular weight excluding hydrogens is 365 g/mol. The second-order valence-corrected chi connectivity index (χ2v) is 5.96. The minimum atomic E-state index is -0.413. The molecule has 0 radical (unpaired) electrons. The van der Waals surface area contributed by atoms with Crippen molar-refractivity contribution in [3.05, 3.63) is 59.9 Å². The second kappa shape index (κ2) is 10.9. The average molecular weight is 389 g/mol. The molecule has 2 rings (SSSR count). The van der Waals surface area contributed by atoms with Gasteiger partial charge in [-0.25, -0.2) is 4.39 Å². The SMILES string of the molecule is CCOc1ccc(OCC(=O)N(CCC(=O)OC)Cc2ccc(F)cc2)cc1. The lowest BCUT2D eigenvalue weighted by molar-refractivity contribution is -0.142. The van der Waals surface area contributed by atoms with Crippen LogP contribution in [0.2, 0.25) is 0 Å². The zero-order valence-corrected chi connectivity index (χ0v) is 16.0. The molecule has 0 unspecified atom stereocenters. The monoisotopic (exact) mass is 389 g/mol. The molecule has 0 heterocycles. The van der Waals surface area contributed by atoms with E-state index in [4.69, 9.17) is 9.47 Å². The Hall–Kier alpha value is -3.09. The van der Waals surface area contributed by atoms with E-state index < -0.39 is 5.97 Å². The highest BCUT2D eigenvalue weighted by molar-refractivity contribution is 5.78. The number of hydrogen-bond acceptors (Lipinski definition) is 5. The van der Waals surface area contributed by atoms with Gasteiger partial charge in [-0.3, -0.25) is 9.59 Å². The Morgan fingerprint density at radius 1 is 0.964 bits per heavy atom. The van der Waals surface area contributed by atoms with Gasteiger partial charge in [-0.1, -0.05) is 12.1 Å². The molecule has 0 aliphatic carbocycles. The number of esters is 1. The van der Waals surface area contributed by atoms with Gasteiger partial charge in [-0.15, -0.1) is 0 Å². The minimum absolute atomic E-state index is 0.0620. The van der Waals surface area contributed by atoms with E-state index in [0.717, 1.165) is 11.3 Å². The standard InChI is InChI=1S/C21H24FNO5/c1-3-27-18-8-10-19(11-9-18)28-15-20(24)23(13-12-21(25)26-2)14-16-4-6-17(22)7-5-16/h4-11H,3,12-15H2,1-2H3. The van der Waals surface area contributed by atoms with Crippen LogP contribution < -0.4 is 9.47 Å². The van der Waals surface area contributed by atoms with E-state index in [0.29, 0.717) is 12.4 Å². The molecule has 0 aromatic heterocycles. The molecule has 0 saturated heterocycles. The molecule has 1 amide bonds. The fourth-order valence-corrected chi connectivity index (χ4v) is 2.47. The number of ether oxygens (including phenoxy) is 3.